The smallest absolute Gasteiger partial charge is 0.146 e. The van der Waals surface area contributed by atoms with E-state index in [1.165, 1.54) is 0 Å². The van der Waals surface area contributed by atoms with Crippen molar-refractivity contribution in [1.29, 1.82) is 0 Å². The molecule has 2 bridgehead atoms. The molecule has 72 valence electrons. The Hall–Kier alpha value is -0.660. The Bertz CT molecular complexity index is 249. The van der Waals surface area contributed by atoms with E-state index < -0.39 is 0 Å². The number of hydrogen-bond donors (Lipinski definition) is 0. The zero-order valence-corrected chi connectivity index (χ0v) is 8.25. The van der Waals surface area contributed by atoms with Crippen LogP contribution in [0.4, 0.5) is 0 Å². The van der Waals surface area contributed by atoms with Gasteiger partial charge in [0.15, 0.2) is 0 Å². The van der Waals surface area contributed by atoms with Crippen LogP contribution in [0.25, 0.3) is 0 Å². The first-order chi connectivity index (χ1) is 6.09. The van der Waals surface area contributed by atoms with E-state index in [4.69, 9.17) is 0 Å². The van der Waals surface area contributed by atoms with Crippen molar-refractivity contribution in [3.8, 4) is 0 Å². The van der Waals surface area contributed by atoms with Gasteiger partial charge in [-0.1, -0.05) is 13.8 Å². The fourth-order valence-corrected chi connectivity index (χ4v) is 2.86. The molecule has 0 saturated heterocycles. The van der Waals surface area contributed by atoms with Crippen LogP contribution in [0.3, 0.4) is 0 Å². The minimum absolute atomic E-state index is 0.125. The summed E-state index contributed by atoms with van der Waals surface area (Å²) in [5.41, 5.74) is 0. The van der Waals surface area contributed by atoms with E-state index >= 15 is 0 Å². The maximum atomic E-state index is 11.7. The number of hydrogen-bond acceptors (Lipinski definition) is 2. The molecular weight excluding hydrogens is 164 g/mol. The lowest BCUT2D eigenvalue weighted by Gasteiger charge is -2.38. The van der Waals surface area contributed by atoms with Crippen molar-refractivity contribution in [2.75, 3.05) is 0 Å². The van der Waals surface area contributed by atoms with E-state index in [1.807, 2.05) is 6.92 Å². The minimum atomic E-state index is -0.238. The Morgan fingerprint density at radius 1 is 1.00 bits per heavy atom. The molecule has 2 aliphatic rings. The Labute approximate surface area is 78.7 Å². The number of Topliss-reactive ketones (excluding diaryl/α,β-unsaturated/α-hetero) is 2. The second-order valence-electron chi connectivity index (χ2n) is 4.77. The molecule has 0 aromatic carbocycles. The summed E-state index contributed by atoms with van der Waals surface area (Å²) in [6.45, 7) is 4.11. The van der Waals surface area contributed by atoms with Crippen molar-refractivity contribution in [2.24, 2.45) is 23.7 Å². The average molecular weight is 180 g/mol. The SMILES string of the molecule is C[C@@H]1C[C@H]2C[C@@H](C)C(=O)[C@@H](C1)C2=O. The van der Waals surface area contributed by atoms with Crippen molar-refractivity contribution < 1.29 is 9.59 Å². The third-order valence-electron chi connectivity index (χ3n) is 3.54. The molecule has 0 radical (unpaired) electrons. The predicted octanol–water partition coefficient (Wildman–Crippen LogP) is 1.83. The summed E-state index contributed by atoms with van der Waals surface area (Å²) >= 11 is 0. The van der Waals surface area contributed by atoms with E-state index in [-0.39, 0.29) is 29.3 Å². The second-order valence-corrected chi connectivity index (χ2v) is 4.77. The van der Waals surface area contributed by atoms with Gasteiger partial charge < -0.3 is 0 Å². The molecule has 2 rings (SSSR count). The average Bonchev–Trinajstić information content (AvgIpc) is 2.06. The summed E-state index contributed by atoms with van der Waals surface area (Å²) in [4.78, 5) is 23.4. The predicted molar refractivity (Wildman–Crippen MR) is 49.2 cm³/mol. The number of ketones is 2. The van der Waals surface area contributed by atoms with E-state index in [0.29, 0.717) is 5.92 Å². The van der Waals surface area contributed by atoms with Crippen molar-refractivity contribution in [3.63, 3.8) is 0 Å². The Balaban J connectivity index is 2.25. The Kier molecular flexibility index (Phi) is 2.01. The molecule has 2 heteroatoms. The van der Waals surface area contributed by atoms with Crippen molar-refractivity contribution in [1.82, 2.24) is 0 Å². The molecule has 2 saturated carbocycles. The van der Waals surface area contributed by atoms with Crippen LogP contribution in [0.1, 0.15) is 33.1 Å². The van der Waals surface area contributed by atoms with Crippen LogP contribution in [0.15, 0.2) is 0 Å². The molecule has 2 aliphatic carbocycles. The number of carbonyl (C=O) groups is 2. The van der Waals surface area contributed by atoms with Crippen molar-refractivity contribution in [2.45, 2.75) is 33.1 Å². The van der Waals surface area contributed by atoms with Gasteiger partial charge in [-0.15, -0.1) is 0 Å². The molecule has 4 atom stereocenters. The normalized spacial score (nSPS) is 45.1. The molecular formula is C11H16O2. The van der Waals surface area contributed by atoms with Gasteiger partial charge >= 0.3 is 0 Å². The molecule has 0 unspecified atom stereocenters. The molecule has 0 amide bonds. The summed E-state index contributed by atoms with van der Waals surface area (Å²) < 4.78 is 0. The monoisotopic (exact) mass is 180 g/mol. The van der Waals surface area contributed by atoms with Crippen LogP contribution >= 0.6 is 0 Å². The highest BCUT2D eigenvalue weighted by Crippen LogP contribution is 2.40. The zero-order valence-electron chi connectivity index (χ0n) is 8.25. The molecule has 0 aromatic heterocycles. The quantitative estimate of drug-likeness (QED) is 0.533. The lowest BCUT2D eigenvalue weighted by Crippen LogP contribution is -2.45. The van der Waals surface area contributed by atoms with Crippen LogP contribution in [-0.4, -0.2) is 11.6 Å². The van der Waals surface area contributed by atoms with Gasteiger partial charge in [0.25, 0.3) is 0 Å². The summed E-state index contributed by atoms with van der Waals surface area (Å²) in [6.07, 6.45) is 2.62. The van der Waals surface area contributed by atoms with Crippen LogP contribution < -0.4 is 0 Å². The molecule has 2 nitrogen and oxygen atoms in total. The molecule has 13 heavy (non-hydrogen) atoms. The first kappa shape index (κ1) is 8.92. The molecule has 0 heterocycles. The minimum Gasteiger partial charge on any atom is -0.299 e. The summed E-state index contributed by atoms with van der Waals surface area (Å²) in [5.74, 6) is 1.08. The van der Waals surface area contributed by atoms with Gasteiger partial charge in [0.2, 0.25) is 0 Å². The third-order valence-corrected chi connectivity index (χ3v) is 3.54. The number of carbonyl (C=O) groups excluding carboxylic acids is 2. The number of rotatable bonds is 0. The van der Waals surface area contributed by atoms with Gasteiger partial charge in [0, 0.05) is 11.8 Å². The van der Waals surface area contributed by atoms with Crippen LogP contribution in [-0.2, 0) is 9.59 Å². The van der Waals surface area contributed by atoms with Crippen molar-refractivity contribution in [3.05, 3.63) is 0 Å². The molecule has 0 N–H and O–H groups in total. The van der Waals surface area contributed by atoms with Gasteiger partial charge in [-0.05, 0) is 25.2 Å². The van der Waals surface area contributed by atoms with Gasteiger partial charge in [-0.25, -0.2) is 0 Å². The zero-order chi connectivity index (χ0) is 9.59. The van der Waals surface area contributed by atoms with Gasteiger partial charge in [0.05, 0.1) is 5.92 Å². The van der Waals surface area contributed by atoms with Crippen molar-refractivity contribution >= 4 is 11.6 Å². The van der Waals surface area contributed by atoms with E-state index in [9.17, 15) is 9.59 Å². The standard InChI is InChI=1S/C11H16O2/c1-6-3-8-5-7(2)10(12)9(4-6)11(8)13/h6-9H,3-5H2,1-2H3/t6-,7-,8+,9-/m1/s1. The van der Waals surface area contributed by atoms with E-state index in [0.717, 1.165) is 19.3 Å². The van der Waals surface area contributed by atoms with Crippen LogP contribution in [0.5, 0.6) is 0 Å². The largest absolute Gasteiger partial charge is 0.299 e. The fourth-order valence-electron chi connectivity index (χ4n) is 2.86. The summed E-state index contributed by atoms with van der Waals surface area (Å²) in [5, 5.41) is 0. The Morgan fingerprint density at radius 3 is 2.38 bits per heavy atom. The van der Waals surface area contributed by atoms with Crippen LogP contribution in [0, 0.1) is 23.7 Å². The van der Waals surface area contributed by atoms with Gasteiger partial charge in [0.1, 0.15) is 11.6 Å². The molecule has 2 fully saturated rings. The number of fused-ring (bicyclic) bond motifs is 2. The topological polar surface area (TPSA) is 34.1 Å². The van der Waals surface area contributed by atoms with Gasteiger partial charge in [-0.2, -0.15) is 0 Å². The lowest BCUT2D eigenvalue weighted by molar-refractivity contribution is -0.145. The highest BCUT2D eigenvalue weighted by molar-refractivity contribution is 6.06. The summed E-state index contributed by atoms with van der Waals surface area (Å²) in [7, 11) is 0. The van der Waals surface area contributed by atoms with Gasteiger partial charge in [-0.3, -0.25) is 9.59 Å². The summed E-state index contributed by atoms with van der Waals surface area (Å²) in [6, 6.07) is 0. The first-order valence-corrected chi connectivity index (χ1v) is 5.17. The lowest BCUT2D eigenvalue weighted by atomic mass is 9.64. The fraction of sp³-hybridized carbons (Fsp3) is 0.818. The highest BCUT2D eigenvalue weighted by Gasteiger charge is 2.45. The maximum absolute atomic E-state index is 11.7. The highest BCUT2D eigenvalue weighted by atomic mass is 16.2. The van der Waals surface area contributed by atoms with Crippen LogP contribution in [0.2, 0.25) is 0 Å². The Morgan fingerprint density at radius 2 is 1.69 bits per heavy atom. The third kappa shape index (κ3) is 1.32. The van der Waals surface area contributed by atoms with E-state index in [1.54, 1.807) is 0 Å². The maximum Gasteiger partial charge on any atom is 0.146 e. The molecule has 0 spiro atoms. The molecule has 0 aromatic rings. The molecule has 0 aliphatic heterocycles. The van der Waals surface area contributed by atoms with E-state index in [2.05, 4.69) is 6.92 Å². The first-order valence-electron chi connectivity index (χ1n) is 5.17. The second kappa shape index (κ2) is 2.93.